The van der Waals surface area contributed by atoms with E-state index in [2.05, 4.69) is 6.92 Å². The van der Waals surface area contributed by atoms with Gasteiger partial charge >= 0.3 is 11.9 Å². The van der Waals surface area contributed by atoms with Crippen LogP contribution in [0.15, 0.2) is 84.9 Å². The highest BCUT2D eigenvalue weighted by molar-refractivity contribution is 5.93. The van der Waals surface area contributed by atoms with E-state index in [9.17, 15) is 19.8 Å². The molecule has 196 valence electrons. The number of carbonyl (C=O) groups is 2. The minimum absolute atomic E-state index is 0.0244. The maximum atomic E-state index is 11.8. The SMILES string of the molecule is COc1ccc(C)cc1.COc1ccc(Cc2ccc(Oc3ccc(C)cc3C(=O)O)c(C(=O)O)c2)cc1. The summed E-state index contributed by atoms with van der Waals surface area (Å²) in [5.41, 5.74) is 3.76. The minimum Gasteiger partial charge on any atom is -0.497 e. The number of methoxy groups -OCH3 is 2. The number of rotatable bonds is 8. The molecule has 0 bridgehead atoms. The van der Waals surface area contributed by atoms with Gasteiger partial charge in [-0.05, 0) is 79.9 Å². The highest BCUT2D eigenvalue weighted by Crippen LogP contribution is 2.30. The Kier molecular flexibility index (Phi) is 9.48. The largest absolute Gasteiger partial charge is 0.497 e. The molecule has 2 N–H and O–H groups in total. The predicted molar refractivity (Wildman–Crippen MR) is 145 cm³/mol. The monoisotopic (exact) mass is 514 g/mol. The molecule has 0 aromatic heterocycles. The molecule has 0 radical (unpaired) electrons. The summed E-state index contributed by atoms with van der Waals surface area (Å²) < 4.78 is 15.8. The molecule has 4 aromatic carbocycles. The van der Waals surface area contributed by atoms with Gasteiger partial charge < -0.3 is 24.4 Å². The van der Waals surface area contributed by atoms with E-state index in [1.54, 1.807) is 39.3 Å². The van der Waals surface area contributed by atoms with Crippen LogP contribution >= 0.6 is 0 Å². The average molecular weight is 515 g/mol. The minimum atomic E-state index is -1.15. The van der Waals surface area contributed by atoms with Crippen molar-refractivity contribution in [1.82, 2.24) is 0 Å². The Morgan fingerprint density at radius 3 is 1.58 bits per heavy atom. The van der Waals surface area contributed by atoms with Gasteiger partial charge in [0.1, 0.15) is 34.1 Å². The summed E-state index contributed by atoms with van der Waals surface area (Å²) in [6, 6.07) is 25.0. The number of carboxylic acids is 2. The Labute approximate surface area is 221 Å². The summed E-state index contributed by atoms with van der Waals surface area (Å²) >= 11 is 0. The standard InChI is InChI=1S/C23H20O6.C8H10O/c1-14-3-9-20(18(11-14)22(24)25)29-21-10-6-16(13-19(21)23(26)27)12-15-4-7-17(28-2)8-5-15;1-7-3-5-8(9-2)6-4-7/h3-11,13H,12H2,1-2H3,(H,24,25)(H,26,27);3-6H,1-2H3. The Bertz CT molecular complexity index is 1390. The first-order valence-corrected chi connectivity index (χ1v) is 11.8. The topological polar surface area (TPSA) is 102 Å². The summed E-state index contributed by atoms with van der Waals surface area (Å²) in [7, 11) is 3.27. The number of benzene rings is 4. The lowest BCUT2D eigenvalue weighted by Gasteiger charge is -2.13. The van der Waals surface area contributed by atoms with Crippen molar-refractivity contribution >= 4 is 11.9 Å². The molecular formula is C31H30O7. The normalized spacial score (nSPS) is 10.1. The van der Waals surface area contributed by atoms with Crippen molar-refractivity contribution < 1.29 is 34.0 Å². The summed E-state index contributed by atoms with van der Waals surface area (Å²) in [6.45, 7) is 3.83. The van der Waals surface area contributed by atoms with Crippen LogP contribution in [-0.4, -0.2) is 36.4 Å². The molecule has 0 saturated carbocycles. The van der Waals surface area contributed by atoms with Crippen LogP contribution in [-0.2, 0) is 6.42 Å². The van der Waals surface area contributed by atoms with Gasteiger partial charge in [-0.2, -0.15) is 0 Å². The molecule has 0 spiro atoms. The number of aromatic carboxylic acids is 2. The Hall–Kier alpha value is -4.78. The molecule has 0 aliphatic heterocycles. The lowest BCUT2D eigenvalue weighted by molar-refractivity contribution is 0.0687. The molecule has 4 rings (SSSR count). The molecule has 0 aliphatic carbocycles. The zero-order chi connectivity index (χ0) is 27.7. The van der Waals surface area contributed by atoms with Crippen LogP contribution < -0.4 is 14.2 Å². The van der Waals surface area contributed by atoms with Crippen LogP contribution in [0.1, 0.15) is 43.0 Å². The zero-order valence-electron chi connectivity index (χ0n) is 21.7. The van der Waals surface area contributed by atoms with E-state index in [4.69, 9.17) is 14.2 Å². The van der Waals surface area contributed by atoms with E-state index < -0.39 is 11.9 Å². The molecule has 0 amide bonds. The van der Waals surface area contributed by atoms with Gasteiger partial charge in [0.25, 0.3) is 0 Å². The fraction of sp³-hybridized carbons (Fsp3) is 0.161. The maximum Gasteiger partial charge on any atom is 0.339 e. The van der Waals surface area contributed by atoms with Gasteiger partial charge in [0.15, 0.2) is 0 Å². The number of ether oxygens (including phenoxy) is 3. The average Bonchev–Trinajstić information content (AvgIpc) is 2.91. The van der Waals surface area contributed by atoms with E-state index >= 15 is 0 Å². The summed E-state index contributed by atoms with van der Waals surface area (Å²) in [4.78, 5) is 23.2. The maximum absolute atomic E-state index is 11.8. The fourth-order valence-corrected chi connectivity index (χ4v) is 3.62. The highest BCUT2D eigenvalue weighted by atomic mass is 16.5. The van der Waals surface area contributed by atoms with E-state index in [0.717, 1.165) is 28.2 Å². The van der Waals surface area contributed by atoms with Crippen molar-refractivity contribution in [3.63, 3.8) is 0 Å². The van der Waals surface area contributed by atoms with Crippen molar-refractivity contribution in [3.8, 4) is 23.0 Å². The number of carboxylic acid groups (broad SMARTS) is 2. The molecule has 0 aliphatic rings. The van der Waals surface area contributed by atoms with Gasteiger partial charge in [0.05, 0.1) is 14.2 Å². The van der Waals surface area contributed by atoms with Crippen molar-refractivity contribution in [2.24, 2.45) is 0 Å². The first kappa shape index (κ1) is 27.8. The Morgan fingerprint density at radius 1 is 0.605 bits per heavy atom. The predicted octanol–water partition coefficient (Wildman–Crippen LogP) is 6.79. The fourth-order valence-electron chi connectivity index (χ4n) is 3.62. The smallest absolute Gasteiger partial charge is 0.339 e. The first-order valence-electron chi connectivity index (χ1n) is 11.8. The van der Waals surface area contributed by atoms with Gasteiger partial charge in [0, 0.05) is 0 Å². The third-order valence-electron chi connectivity index (χ3n) is 5.68. The second-order valence-corrected chi connectivity index (χ2v) is 8.58. The summed E-state index contributed by atoms with van der Waals surface area (Å²) in [5.74, 6) is -0.454. The van der Waals surface area contributed by atoms with Crippen LogP contribution in [0.2, 0.25) is 0 Å². The number of hydrogen-bond donors (Lipinski definition) is 2. The molecule has 0 atom stereocenters. The van der Waals surface area contributed by atoms with Crippen LogP contribution in [0.4, 0.5) is 0 Å². The third kappa shape index (κ3) is 7.61. The third-order valence-corrected chi connectivity index (χ3v) is 5.68. The van der Waals surface area contributed by atoms with Crippen molar-refractivity contribution in [2.75, 3.05) is 14.2 Å². The lowest BCUT2D eigenvalue weighted by Crippen LogP contribution is -2.05. The van der Waals surface area contributed by atoms with Crippen molar-refractivity contribution in [3.05, 3.63) is 118 Å². The molecule has 0 saturated heterocycles. The van der Waals surface area contributed by atoms with Gasteiger partial charge in [-0.25, -0.2) is 9.59 Å². The molecule has 0 fully saturated rings. The van der Waals surface area contributed by atoms with Gasteiger partial charge in [-0.15, -0.1) is 0 Å². The van der Waals surface area contributed by atoms with Gasteiger partial charge in [-0.1, -0.05) is 47.5 Å². The van der Waals surface area contributed by atoms with Crippen LogP contribution in [0.3, 0.4) is 0 Å². The molecule has 7 nitrogen and oxygen atoms in total. The lowest BCUT2D eigenvalue weighted by atomic mass is 10.0. The molecule has 0 heterocycles. The van der Waals surface area contributed by atoms with E-state index in [0.29, 0.717) is 6.42 Å². The van der Waals surface area contributed by atoms with Crippen LogP contribution in [0.25, 0.3) is 0 Å². The van der Waals surface area contributed by atoms with E-state index in [-0.39, 0.29) is 22.6 Å². The summed E-state index contributed by atoms with van der Waals surface area (Å²) in [6.07, 6.45) is 0.537. The molecular weight excluding hydrogens is 484 g/mol. The Morgan fingerprint density at radius 2 is 1.05 bits per heavy atom. The zero-order valence-corrected chi connectivity index (χ0v) is 21.7. The molecule has 38 heavy (non-hydrogen) atoms. The molecule has 0 unspecified atom stereocenters. The van der Waals surface area contributed by atoms with E-state index in [1.807, 2.05) is 48.5 Å². The van der Waals surface area contributed by atoms with Crippen molar-refractivity contribution in [1.29, 1.82) is 0 Å². The van der Waals surface area contributed by atoms with Crippen molar-refractivity contribution in [2.45, 2.75) is 20.3 Å². The first-order chi connectivity index (χ1) is 18.2. The Balaban J connectivity index is 0.000000375. The van der Waals surface area contributed by atoms with Crippen LogP contribution in [0.5, 0.6) is 23.0 Å². The second kappa shape index (κ2) is 13.0. The number of aryl methyl sites for hydroxylation is 2. The van der Waals surface area contributed by atoms with Gasteiger partial charge in [0.2, 0.25) is 0 Å². The van der Waals surface area contributed by atoms with Gasteiger partial charge in [-0.3, -0.25) is 0 Å². The number of hydrogen-bond acceptors (Lipinski definition) is 5. The summed E-state index contributed by atoms with van der Waals surface area (Å²) in [5, 5.41) is 19.0. The van der Waals surface area contributed by atoms with Crippen LogP contribution in [0, 0.1) is 13.8 Å². The highest BCUT2D eigenvalue weighted by Gasteiger charge is 2.17. The van der Waals surface area contributed by atoms with E-state index in [1.165, 1.54) is 23.8 Å². The molecule has 7 heteroatoms. The molecule has 4 aromatic rings. The second-order valence-electron chi connectivity index (χ2n) is 8.58. The quantitative estimate of drug-likeness (QED) is 0.267.